The number of amides is 1. The second-order valence-electron chi connectivity index (χ2n) is 7.19. The van der Waals surface area contributed by atoms with Crippen molar-refractivity contribution < 1.29 is 4.79 Å². The van der Waals surface area contributed by atoms with Crippen molar-refractivity contribution in [2.45, 2.75) is 51.1 Å². The van der Waals surface area contributed by atoms with Crippen LogP contribution in [0.1, 0.15) is 47.5 Å². The second-order valence-corrected chi connectivity index (χ2v) is 8.19. The lowest BCUT2D eigenvalue weighted by molar-refractivity contribution is 0.0759. The standard InChI is InChI=1S/C18H23N5OS.ClH/c1-10-15(25-18(22-10)16-20-6-3-7-21-16)17(24)23-14-11-4-2-5-12(14)9-13(19)8-11;/h3,6-7,11-14H,2,4-5,8-9,19H2,1H3,(H,23,24);1H. The third kappa shape index (κ3) is 3.75. The molecule has 0 radical (unpaired) electrons. The first-order valence-corrected chi connectivity index (χ1v) is 9.74. The number of hydrogen-bond donors (Lipinski definition) is 2. The van der Waals surface area contributed by atoms with Crippen LogP contribution in [-0.2, 0) is 0 Å². The lowest BCUT2D eigenvalue weighted by atomic mass is 9.67. The van der Waals surface area contributed by atoms with Crippen LogP contribution in [0.4, 0.5) is 0 Å². The highest BCUT2D eigenvalue weighted by Gasteiger charge is 2.40. The third-order valence-electron chi connectivity index (χ3n) is 5.43. The van der Waals surface area contributed by atoms with Crippen LogP contribution in [0.3, 0.4) is 0 Å². The fourth-order valence-corrected chi connectivity index (χ4v) is 5.27. The van der Waals surface area contributed by atoms with Gasteiger partial charge in [0.1, 0.15) is 4.88 Å². The lowest BCUT2D eigenvalue weighted by Gasteiger charge is -2.45. The van der Waals surface area contributed by atoms with Gasteiger partial charge in [0, 0.05) is 24.5 Å². The number of halogens is 1. The van der Waals surface area contributed by atoms with Gasteiger partial charge < -0.3 is 11.1 Å². The van der Waals surface area contributed by atoms with Crippen molar-refractivity contribution in [3.05, 3.63) is 29.0 Å². The van der Waals surface area contributed by atoms with E-state index in [1.807, 2.05) is 6.92 Å². The Kier molecular flexibility index (Phi) is 5.89. The minimum absolute atomic E-state index is 0. The lowest BCUT2D eigenvalue weighted by Crippen LogP contribution is -2.53. The Hall–Kier alpha value is -1.57. The molecule has 2 saturated carbocycles. The first-order valence-electron chi connectivity index (χ1n) is 8.93. The Bertz CT molecular complexity index is 754. The van der Waals surface area contributed by atoms with Crippen molar-refractivity contribution in [2.24, 2.45) is 17.6 Å². The molecule has 2 aliphatic rings. The van der Waals surface area contributed by atoms with Gasteiger partial charge in [-0.05, 0) is 50.5 Å². The Balaban J connectivity index is 0.00000196. The van der Waals surface area contributed by atoms with Crippen molar-refractivity contribution in [2.75, 3.05) is 0 Å². The fraction of sp³-hybridized carbons (Fsp3) is 0.556. The van der Waals surface area contributed by atoms with Gasteiger partial charge in [0.05, 0.1) is 5.69 Å². The number of fused-ring (bicyclic) bond motifs is 2. The maximum atomic E-state index is 12.9. The number of rotatable bonds is 3. The van der Waals surface area contributed by atoms with Gasteiger partial charge in [0.2, 0.25) is 0 Å². The maximum Gasteiger partial charge on any atom is 0.263 e. The summed E-state index contributed by atoms with van der Waals surface area (Å²) in [4.78, 5) is 26.5. The number of carbonyl (C=O) groups excluding carboxylic acids is 1. The normalized spacial score (nSPS) is 27.5. The minimum Gasteiger partial charge on any atom is -0.348 e. The van der Waals surface area contributed by atoms with Crippen molar-refractivity contribution >= 4 is 29.7 Å². The van der Waals surface area contributed by atoms with E-state index in [-0.39, 0.29) is 30.4 Å². The number of aromatic nitrogens is 3. The largest absolute Gasteiger partial charge is 0.348 e. The number of nitrogens with one attached hydrogen (secondary N) is 1. The van der Waals surface area contributed by atoms with Gasteiger partial charge >= 0.3 is 0 Å². The van der Waals surface area contributed by atoms with Gasteiger partial charge in [0.25, 0.3) is 5.91 Å². The molecule has 3 N–H and O–H groups in total. The van der Waals surface area contributed by atoms with E-state index in [4.69, 9.17) is 5.73 Å². The SMILES string of the molecule is Cc1nc(-c2ncccn2)sc1C(=O)NC1C2CCCC1CC(N)C2.Cl. The molecule has 8 heteroatoms. The average Bonchev–Trinajstić information content (AvgIpc) is 2.98. The van der Waals surface area contributed by atoms with Crippen LogP contribution in [0.25, 0.3) is 10.8 Å². The summed E-state index contributed by atoms with van der Waals surface area (Å²) in [6.45, 7) is 1.87. The molecule has 0 saturated heterocycles. The molecular formula is C18H24ClN5OS. The molecule has 2 aromatic heterocycles. The van der Waals surface area contributed by atoms with Crippen LogP contribution in [-0.4, -0.2) is 32.9 Å². The van der Waals surface area contributed by atoms with Crippen molar-refractivity contribution in [3.63, 3.8) is 0 Å². The highest BCUT2D eigenvalue weighted by atomic mass is 35.5. The van der Waals surface area contributed by atoms with Gasteiger partial charge in [0.15, 0.2) is 10.8 Å². The van der Waals surface area contributed by atoms with E-state index in [1.165, 1.54) is 30.6 Å². The Labute approximate surface area is 163 Å². The average molecular weight is 394 g/mol. The summed E-state index contributed by atoms with van der Waals surface area (Å²) in [6.07, 6.45) is 9.00. The number of aryl methyl sites for hydroxylation is 1. The van der Waals surface area contributed by atoms with E-state index < -0.39 is 0 Å². The molecule has 2 atom stereocenters. The molecule has 0 aromatic carbocycles. The summed E-state index contributed by atoms with van der Waals surface area (Å²) in [6, 6.07) is 2.30. The smallest absolute Gasteiger partial charge is 0.263 e. The van der Waals surface area contributed by atoms with Crippen LogP contribution >= 0.6 is 23.7 Å². The molecule has 2 unspecified atom stereocenters. The summed E-state index contributed by atoms with van der Waals surface area (Å²) < 4.78 is 0. The minimum atomic E-state index is -0.0189. The molecule has 2 fully saturated rings. The van der Waals surface area contributed by atoms with Crippen LogP contribution in [0.15, 0.2) is 18.5 Å². The zero-order chi connectivity index (χ0) is 17.4. The predicted octanol–water partition coefficient (Wildman–Crippen LogP) is 2.97. The van der Waals surface area contributed by atoms with Crippen LogP contribution in [0.2, 0.25) is 0 Å². The highest BCUT2D eigenvalue weighted by molar-refractivity contribution is 7.17. The molecule has 26 heavy (non-hydrogen) atoms. The maximum absolute atomic E-state index is 12.9. The van der Waals surface area contributed by atoms with E-state index in [0.29, 0.717) is 27.5 Å². The van der Waals surface area contributed by atoms with Gasteiger partial charge in [-0.2, -0.15) is 0 Å². The number of carbonyl (C=O) groups is 1. The summed E-state index contributed by atoms with van der Waals surface area (Å²) >= 11 is 1.37. The Morgan fingerprint density at radius 3 is 2.54 bits per heavy atom. The van der Waals surface area contributed by atoms with Crippen LogP contribution < -0.4 is 11.1 Å². The Morgan fingerprint density at radius 2 is 1.88 bits per heavy atom. The molecule has 2 bridgehead atoms. The summed E-state index contributed by atoms with van der Waals surface area (Å²) in [5, 5.41) is 3.99. The highest BCUT2D eigenvalue weighted by Crippen LogP contribution is 2.40. The quantitative estimate of drug-likeness (QED) is 0.835. The number of nitrogens with two attached hydrogens (primary N) is 1. The number of thiazole rings is 1. The van der Waals surface area contributed by atoms with E-state index in [0.717, 1.165) is 18.5 Å². The van der Waals surface area contributed by atoms with Crippen LogP contribution in [0, 0.1) is 18.8 Å². The van der Waals surface area contributed by atoms with Crippen LogP contribution in [0.5, 0.6) is 0 Å². The first-order chi connectivity index (χ1) is 12.1. The van der Waals surface area contributed by atoms with Gasteiger partial charge in [-0.1, -0.05) is 6.42 Å². The van der Waals surface area contributed by atoms with Crippen molar-refractivity contribution in [1.29, 1.82) is 0 Å². The number of nitrogens with zero attached hydrogens (tertiary/aromatic N) is 3. The molecule has 1 amide bonds. The summed E-state index contributed by atoms with van der Waals surface area (Å²) in [5.74, 6) is 1.57. The topological polar surface area (TPSA) is 93.8 Å². The van der Waals surface area contributed by atoms with Gasteiger partial charge in [-0.25, -0.2) is 15.0 Å². The molecule has 0 spiro atoms. The fourth-order valence-electron chi connectivity index (χ4n) is 4.35. The van der Waals surface area contributed by atoms with E-state index in [1.54, 1.807) is 18.5 Å². The van der Waals surface area contributed by atoms with E-state index >= 15 is 0 Å². The zero-order valence-corrected chi connectivity index (χ0v) is 16.4. The summed E-state index contributed by atoms with van der Waals surface area (Å²) in [5.41, 5.74) is 6.93. The van der Waals surface area contributed by atoms with Crippen molar-refractivity contribution in [3.8, 4) is 10.8 Å². The van der Waals surface area contributed by atoms with E-state index in [9.17, 15) is 4.79 Å². The van der Waals surface area contributed by atoms with Crippen molar-refractivity contribution in [1.82, 2.24) is 20.3 Å². The Morgan fingerprint density at radius 1 is 1.23 bits per heavy atom. The molecule has 2 heterocycles. The molecule has 2 aromatic rings. The number of hydrogen-bond acceptors (Lipinski definition) is 6. The van der Waals surface area contributed by atoms with Gasteiger partial charge in [-0.15, -0.1) is 23.7 Å². The summed E-state index contributed by atoms with van der Waals surface area (Å²) in [7, 11) is 0. The molecule has 0 aliphatic heterocycles. The van der Waals surface area contributed by atoms with E-state index in [2.05, 4.69) is 20.3 Å². The molecular weight excluding hydrogens is 370 g/mol. The second kappa shape index (κ2) is 7.98. The van der Waals surface area contributed by atoms with Gasteiger partial charge in [-0.3, -0.25) is 4.79 Å². The zero-order valence-electron chi connectivity index (χ0n) is 14.7. The molecule has 6 nitrogen and oxygen atoms in total. The monoisotopic (exact) mass is 393 g/mol. The first kappa shape index (κ1) is 19.2. The predicted molar refractivity (Wildman–Crippen MR) is 104 cm³/mol. The third-order valence-corrected chi connectivity index (χ3v) is 6.59. The molecule has 140 valence electrons. The molecule has 4 rings (SSSR count). The molecule has 2 aliphatic carbocycles.